The molecule has 1 heterocycles. The number of methoxy groups -OCH3 is 1. The summed E-state index contributed by atoms with van der Waals surface area (Å²) in [5, 5.41) is 3.61. The van der Waals surface area contributed by atoms with Gasteiger partial charge in [0, 0.05) is 24.2 Å². The molecule has 0 unspecified atom stereocenters. The summed E-state index contributed by atoms with van der Waals surface area (Å²) in [4.78, 5) is 23.6. The molecule has 134 valence electrons. The van der Waals surface area contributed by atoms with Crippen LogP contribution in [0, 0.1) is 0 Å². The van der Waals surface area contributed by atoms with Gasteiger partial charge in [0.15, 0.2) is 6.61 Å². The quantitative estimate of drug-likeness (QED) is 0.711. The molecule has 0 spiro atoms. The zero-order chi connectivity index (χ0) is 18.7. The van der Waals surface area contributed by atoms with Gasteiger partial charge < -0.3 is 25.1 Å². The molecule has 3 aromatic rings. The number of nitrogens with zero attached hydrogens (tertiary/aromatic N) is 1. The van der Waals surface area contributed by atoms with Gasteiger partial charge in [0.25, 0.3) is 5.91 Å². The van der Waals surface area contributed by atoms with Crippen molar-refractivity contribution in [2.45, 2.75) is 0 Å². The van der Waals surface area contributed by atoms with E-state index in [1.165, 1.54) is 19.2 Å². The lowest BCUT2D eigenvalue weighted by molar-refractivity contribution is -0.118. The van der Waals surface area contributed by atoms with E-state index < -0.39 is 5.91 Å². The van der Waals surface area contributed by atoms with Gasteiger partial charge in [-0.2, -0.15) is 0 Å². The highest BCUT2D eigenvalue weighted by molar-refractivity contribution is 5.98. The molecule has 0 aliphatic carbocycles. The Hall–Kier alpha value is -3.48. The summed E-state index contributed by atoms with van der Waals surface area (Å²) >= 11 is 0. The number of ether oxygens (including phenoxy) is 2. The molecule has 0 fully saturated rings. The summed E-state index contributed by atoms with van der Waals surface area (Å²) in [7, 11) is 3.42. The van der Waals surface area contributed by atoms with Crippen molar-refractivity contribution in [1.29, 1.82) is 0 Å². The molecule has 7 nitrogen and oxygen atoms in total. The van der Waals surface area contributed by atoms with Crippen LogP contribution in [0.3, 0.4) is 0 Å². The molecule has 3 N–H and O–H groups in total. The molecule has 0 aliphatic heterocycles. The summed E-state index contributed by atoms with van der Waals surface area (Å²) in [6.45, 7) is -0.183. The Balaban J connectivity index is 1.73. The molecule has 0 atom stereocenters. The first-order valence-corrected chi connectivity index (χ1v) is 7.94. The molecule has 1 aromatic heterocycles. The lowest BCUT2D eigenvalue weighted by Crippen LogP contribution is -2.21. The van der Waals surface area contributed by atoms with Crippen LogP contribution < -0.4 is 20.5 Å². The first-order chi connectivity index (χ1) is 12.5. The van der Waals surface area contributed by atoms with Gasteiger partial charge in [-0.25, -0.2) is 0 Å². The highest BCUT2D eigenvalue weighted by Crippen LogP contribution is 2.27. The monoisotopic (exact) mass is 353 g/mol. The van der Waals surface area contributed by atoms with Gasteiger partial charge >= 0.3 is 0 Å². The lowest BCUT2D eigenvalue weighted by Gasteiger charge is -2.12. The van der Waals surface area contributed by atoms with Crippen molar-refractivity contribution in [2.75, 3.05) is 19.0 Å². The topological polar surface area (TPSA) is 95.6 Å². The predicted octanol–water partition coefficient (Wildman–Crippen LogP) is 2.30. The number of amides is 2. The minimum atomic E-state index is -0.588. The maximum atomic E-state index is 12.3. The molecule has 26 heavy (non-hydrogen) atoms. The van der Waals surface area contributed by atoms with Crippen LogP contribution in [0.5, 0.6) is 11.5 Å². The maximum absolute atomic E-state index is 12.3. The number of carbonyl (C=O) groups excluding carboxylic acids is 2. The molecule has 7 heteroatoms. The third-order valence-electron chi connectivity index (χ3n) is 4.00. The van der Waals surface area contributed by atoms with E-state index in [1.807, 2.05) is 42.1 Å². The Labute approximate surface area is 150 Å². The van der Waals surface area contributed by atoms with Crippen LogP contribution in [0.1, 0.15) is 10.4 Å². The van der Waals surface area contributed by atoms with Crippen molar-refractivity contribution >= 4 is 28.4 Å². The third-order valence-corrected chi connectivity index (χ3v) is 4.00. The number of aryl methyl sites for hydroxylation is 1. The smallest absolute Gasteiger partial charge is 0.262 e. The van der Waals surface area contributed by atoms with Crippen molar-refractivity contribution in [3.8, 4) is 11.5 Å². The molecule has 0 saturated carbocycles. The molecule has 0 radical (unpaired) electrons. The summed E-state index contributed by atoms with van der Waals surface area (Å²) in [6, 6.07) is 12.2. The van der Waals surface area contributed by atoms with Crippen LogP contribution in [0.4, 0.5) is 5.69 Å². The highest BCUT2D eigenvalue weighted by Gasteiger charge is 2.12. The Morgan fingerprint density at radius 1 is 1.15 bits per heavy atom. The van der Waals surface area contributed by atoms with Crippen molar-refractivity contribution in [3.05, 3.63) is 54.2 Å². The highest BCUT2D eigenvalue weighted by atomic mass is 16.5. The van der Waals surface area contributed by atoms with Crippen LogP contribution in [0.15, 0.2) is 48.7 Å². The van der Waals surface area contributed by atoms with E-state index in [2.05, 4.69) is 5.32 Å². The predicted molar refractivity (Wildman–Crippen MR) is 98.6 cm³/mol. The first kappa shape index (κ1) is 17.3. The van der Waals surface area contributed by atoms with Crippen molar-refractivity contribution in [2.24, 2.45) is 12.8 Å². The third kappa shape index (κ3) is 3.46. The Bertz CT molecular complexity index is 978. The number of fused-ring (bicyclic) bond motifs is 1. The number of hydrogen-bond acceptors (Lipinski definition) is 4. The lowest BCUT2D eigenvalue weighted by atomic mass is 10.1. The zero-order valence-electron chi connectivity index (χ0n) is 14.5. The molecule has 0 saturated heterocycles. The van der Waals surface area contributed by atoms with Crippen LogP contribution in [-0.2, 0) is 11.8 Å². The number of benzene rings is 2. The second-order valence-electron chi connectivity index (χ2n) is 5.73. The summed E-state index contributed by atoms with van der Waals surface area (Å²) in [6.07, 6.45) is 1.93. The standard InChI is InChI=1S/C19H19N3O4/c1-22-9-8-13-15(22)4-3-5-16(13)26-11-18(23)21-14-10-12(19(20)24)6-7-17(14)25-2/h3-10H,11H2,1-2H3,(H2,20,24)(H,21,23). The van der Waals surface area contributed by atoms with Gasteiger partial charge in [0.05, 0.1) is 18.3 Å². The summed E-state index contributed by atoms with van der Waals surface area (Å²) in [5.74, 6) is 0.0811. The molecule has 0 bridgehead atoms. The zero-order valence-corrected chi connectivity index (χ0v) is 14.5. The van der Waals surface area contributed by atoms with Gasteiger partial charge in [-0.1, -0.05) is 6.07 Å². The Kier molecular flexibility index (Phi) is 4.79. The first-order valence-electron chi connectivity index (χ1n) is 7.94. The van der Waals surface area contributed by atoms with E-state index in [9.17, 15) is 9.59 Å². The number of aromatic nitrogens is 1. The van der Waals surface area contributed by atoms with E-state index >= 15 is 0 Å². The van der Waals surface area contributed by atoms with E-state index in [0.717, 1.165) is 10.9 Å². The van der Waals surface area contributed by atoms with Crippen molar-refractivity contribution in [1.82, 2.24) is 4.57 Å². The van der Waals surface area contributed by atoms with Gasteiger partial charge in [-0.15, -0.1) is 0 Å². The van der Waals surface area contributed by atoms with Crippen molar-refractivity contribution < 1.29 is 19.1 Å². The Morgan fingerprint density at radius 3 is 2.69 bits per heavy atom. The minimum Gasteiger partial charge on any atom is -0.495 e. The molecule has 0 aliphatic rings. The SMILES string of the molecule is COc1ccc(C(N)=O)cc1NC(=O)COc1cccc2c1ccn2C. The average molecular weight is 353 g/mol. The number of nitrogens with two attached hydrogens (primary N) is 1. The number of rotatable bonds is 6. The molecular formula is C19H19N3O4. The van der Waals surface area contributed by atoms with E-state index in [1.54, 1.807) is 6.07 Å². The normalized spacial score (nSPS) is 10.5. The summed E-state index contributed by atoms with van der Waals surface area (Å²) in [5.41, 5.74) is 6.92. The number of primary amides is 1. The average Bonchev–Trinajstić information content (AvgIpc) is 3.01. The van der Waals surface area contributed by atoms with Crippen LogP contribution >= 0.6 is 0 Å². The van der Waals surface area contributed by atoms with E-state index in [-0.39, 0.29) is 18.1 Å². The van der Waals surface area contributed by atoms with Crippen molar-refractivity contribution in [3.63, 3.8) is 0 Å². The second kappa shape index (κ2) is 7.18. The van der Waals surface area contributed by atoms with Gasteiger partial charge in [0.1, 0.15) is 11.5 Å². The van der Waals surface area contributed by atoms with Crippen LogP contribution in [0.25, 0.3) is 10.9 Å². The van der Waals surface area contributed by atoms with Gasteiger partial charge in [-0.05, 0) is 36.4 Å². The molecular weight excluding hydrogens is 334 g/mol. The molecule has 2 amide bonds. The van der Waals surface area contributed by atoms with Crippen LogP contribution in [-0.4, -0.2) is 30.1 Å². The maximum Gasteiger partial charge on any atom is 0.262 e. The Morgan fingerprint density at radius 2 is 1.96 bits per heavy atom. The summed E-state index contributed by atoms with van der Waals surface area (Å²) < 4.78 is 12.8. The van der Waals surface area contributed by atoms with Gasteiger partial charge in [0.2, 0.25) is 5.91 Å². The second-order valence-corrected chi connectivity index (χ2v) is 5.73. The fraction of sp³-hybridized carbons (Fsp3) is 0.158. The molecule has 3 rings (SSSR count). The fourth-order valence-corrected chi connectivity index (χ4v) is 2.69. The number of hydrogen-bond donors (Lipinski definition) is 2. The molecule has 2 aromatic carbocycles. The number of carbonyl (C=O) groups is 2. The number of anilines is 1. The minimum absolute atomic E-state index is 0.183. The van der Waals surface area contributed by atoms with E-state index in [4.69, 9.17) is 15.2 Å². The van der Waals surface area contributed by atoms with Crippen LogP contribution in [0.2, 0.25) is 0 Å². The fourth-order valence-electron chi connectivity index (χ4n) is 2.69. The largest absolute Gasteiger partial charge is 0.495 e. The number of nitrogens with one attached hydrogen (secondary N) is 1. The van der Waals surface area contributed by atoms with Gasteiger partial charge in [-0.3, -0.25) is 9.59 Å². The van der Waals surface area contributed by atoms with E-state index in [0.29, 0.717) is 17.2 Å².